The lowest BCUT2D eigenvalue weighted by molar-refractivity contribution is -0.384. The summed E-state index contributed by atoms with van der Waals surface area (Å²) in [6.07, 6.45) is 1.71. The normalized spacial score (nSPS) is 10.7. The topological polar surface area (TPSA) is 99.0 Å². The predicted molar refractivity (Wildman–Crippen MR) is 79.7 cm³/mol. The van der Waals surface area contributed by atoms with E-state index in [1.807, 2.05) is 28.8 Å². The Morgan fingerprint density at radius 2 is 2.10 bits per heavy atom. The molecule has 0 unspecified atom stereocenters. The summed E-state index contributed by atoms with van der Waals surface area (Å²) in [6.45, 7) is 0.446. The Kier molecular flexibility index (Phi) is 3.25. The summed E-state index contributed by atoms with van der Waals surface area (Å²) in [5, 5.41) is 10.9. The van der Waals surface area contributed by atoms with Crippen LogP contribution in [-0.4, -0.2) is 14.5 Å². The maximum absolute atomic E-state index is 10.9. The molecule has 3 aromatic rings. The number of benzene rings is 2. The minimum atomic E-state index is -0.421. The molecular formula is C14H13N5O2. The fraction of sp³-hybridized carbons (Fsp3) is 0.0714. The molecule has 3 rings (SSSR count). The van der Waals surface area contributed by atoms with Gasteiger partial charge in [-0.25, -0.2) is 4.98 Å². The highest BCUT2D eigenvalue weighted by Crippen LogP contribution is 2.23. The summed E-state index contributed by atoms with van der Waals surface area (Å²) in [4.78, 5) is 14.8. The van der Waals surface area contributed by atoms with E-state index in [1.54, 1.807) is 12.4 Å². The smallest absolute Gasteiger partial charge is 0.269 e. The van der Waals surface area contributed by atoms with E-state index in [1.165, 1.54) is 12.1 Å². The average Bonchev–Trinajstić information content (AvgIpc) is 2.90. The Hall–Kier alpha value is -2.93. The molecule has 7 nitrogen and oxygen atoms in total. The Balaban J connectivity index is 2.04. The molecule has 0 aliphatic carbocycles. The highest BCUT2D eigenvalue weighted by Gasteiger charge is 2.12. The minimum Gasteiger partial charge on any atom is -0.326 e. The van der Waals surface area contributed by atoms with Crippen molar-refractivity contribution in [3.05, 3.63) is 64.5 Å². The van der Waals surface area contributed by atoms with Gasteiger partial charge in [-0.15, -0.1) is 0 Å². The van der Waals surface area contributed by atoms with Crippen LogP contribution in [0.2, 0.25) is 0 Å². The van der Waals surface area contributed by atoms with Crippen molar-refractivity contribution in [3.8, 4) is 0 Å². The van der Waals surface area contributed by atoms with Crippen LogP contribution in [-0.2, 0) is 6.54 Å². The number of fused-ring (bicyclic) bond motifs is 1. The lowest BCUT2D eigenvalue weighted by Crippen LogP contribution is -2.11. The van der Waals surface area contributed by atoms with Crippen LogP contribution >= 0.6 is 0 Å². The fourth-order valence-electron chi connectivity index (χ4n) is 2.29. The Bertz CT molecular complexity index is 812. The van der Waals surface area contributed by atoms with Gasteiger partial charge in [0.1, 0.15) is 0 Å². The van der Waals surface area contributed by atoms with Crippen LogP contribution in [0.4, 0.5) is 11.4 Å². The van der Waals surface area contributed by atoms with Gasteiger partial charge in [0, 0.05) is 17.7 Å². The van der Waals surface area contributed by atoms with E-state index in [2.05, 4.69) is 10.4 Å². The van der Waals surface area contributed by atoms with Gasteiger partial charge in [0.25, 0.3) is 5.69 Å². The summed E-state index contributed by atoms with van der Waals surface area (Å²) >= 11 is 0. The summed E-state index contributed by atoms with van der Waals surface area (Å²) in [6, 6.07) is 12.3. The van der Waals surface area contributed by atoms with Crippen molar-refractivity contribution in [2.24, 2.45) is 5.84 Å². The zero-order valence-electron chi connectivity index (χ0n) is 11.1. The number of aromatic nitrogens is 2. The van der Waals surface area contributed by atoms with E-state index >= 15 is 0 Å². The number of hydrogen-bond acceptors (Lipinski definition) is 5. The second-order valence-electron chi connectivity index (χ2n) is 4.60. The molecule has 0 bridgehead atoms. The highest BCUT2D eigenvalue weighted by atomic mass is 16.6. The number of hydrazine groups is 1. The number of nitrogens with two attached hydrogens (primary N) is 1. The first-order valence-corrected chi connectivity index (χ1v) is 6.33. The maximum atomic E-state index is 10.9. The second-order valence-corrected chi connectivity index (χ2v) is 4.60. The Morgan fingerprint density at radius 3 is 2.86 bits per heavy atom. The zero-order chi connectivity index (χ0) is 14.8. The van der Waals surface area contributed by atoms with Crippen LogP contribution in [0.15, 0.2) is 48.8 Å². The van der Waals surface area contributed by atoms with Crippen LogP contribution in [0.3, 0.4) is 0 Å². The van der Waals surface area contributed by atoms with E-state index in [0.717, 1.165) is 16.6 Å². The highest BCUT2D eigenvalue weighted by molar-refractivity contribution is 5.75. The number of nitrogen functional groups attached to an aromatic ring is 1. The molecule has 106 valence electrons. The molecule has 0 amide bonds. The molecule has 0 radical (unpaired) electrons. The molecule has 0 atom stereocenters. The minimum absolute atomic E-state index is 0.0356. The van der Waals surface area contributed by atoms with Crippen LogP contribution in [0.1, 0.15) is 5.56 Å². The largest absolute Gasteiger partial charge is 0.326 e. The van der Waals surface area contributed by atoms with Gasteiger partial charge in [-0.2, -0.15) is 0 Å². The van der Waals surface area contributed by atoms with Crippen molar-refractivity contribution in [1.82, 2.24) is 9.55 Å². The van der Waals surface area contributed by atoms with E-state index in [0.29, 0.717) is 12.2 Å². The fourth-order valence-corrected chi connectivity index (χ4v) is 2.29. The van der Waals surface area contributed by atoms with Crippen LogP contribution < -0.4 is 11.3 Å². The summed E-state index contributed by atoms with van der Waals surface area (Å²) < 4.78 is 1.93. The SMILES string of the molecule is NNc1ccc([N+](=O)[O-])cc1Cn1cnc2ccccc21. The monoisotopic (exact) mass is 283 g/mol. The van der Waals surface area contributed by atoms with Crippen molar-refractivity contribution in [2.45, 2.75) is 6.54 Å². The number of nitro benzene ring substituents is 1. The number of nitrogens with zero attached hydrogens (tertiary/aromatic N) is 3. The van der Waals surface area contributed by atoms with E-state index < -0.39 is 4.92 Å². The molecule has 0 aliphatic heterocycles. The number of anilines is 1. The van der Waals surface area contributed by atoms with Gasteiger partial charge in [0.05, 0.1) is 34.5 Å². The van der Waals surface area contributed by atoms with Gasteiger partial charge in [-0.1, -0.05) is 12.1 Å². The Morgan fingerprint density at radius 1 is 1.29 bits per heavy atom. The molecule has 1 aromatic heterocycles. The lowest BCUT2D eigenvalue weighted by atomic mass is 10.1. The number of para-hydroxylation sites is 2. The first kappa shape index (κ1) is 13.1. The molecule has 2 aromatic carbocycles. The van der Waals surface area contributed by atoms with Gasteiger partial charge in [0.2, 0.25) is 0 Å². The molecule has 3 N–H and O–H groups in total. The predicted octanol–water partition coefficient (Wildman–Crippen LogP) is 2.28. The third-order valence-electron chi connectivity index (χ3n) is 3.32. The number of nitrogens with one attached hydrogen (secondary N) is 1. The third kappa shape index (κ3) is 2.41. The summed E-state index contributed by atoms with van der Waals surface area (Å²) in [5.41, 5.74) is 5.83. The van der Waals surface area contributed by atoms with Crippen molar-refractivity contribution in [1.29, 1.82) is 0 Å². The first-order valence-electron chi connectivity index (χ1n) is 6.33. The number of hydrogen-bond donors (Lipinski definition) is 2. The number of non-ortho nitro benzene ring substituents is 1. The van der Waals surface area contributed by atoms with E-state index in [4.69, 9.17) is 5.84 Å². The van der Waals surface area contributed by atoms with Gasteiger partial charge in [-0.05, 0) is 18.2 Å². The van der Waals surface area contributed by atoms with Crippen molar-refractivity contribution in [2.75, 3.05) is 5.43 Å². The molecule has 0 saturated carbocycles. The number of nitro groups is 1. The van der Waals surface area contributed by atoms with E-state index in [9.17, 15) is 10.1 Å². The molecule has 0 spiro atoms. The molecule has 0 saturated heterocycles. The van der Waals surface area contributed by atoms with Gasteiger partial charge in [0.15, 0.2) is 0 Å². The van der Waals surface area contributed by atoms with Gasteiger partial charge < -0.3 is 9.99 Å². The van der Waals surface area contributed by atoms with Crippen LogP contribution in [0, 0.1) is 10.1 Å². The first-order chi connectivity index (χ1) is 10.2. The summed E-state index contributed by atoms with van der Waals surface area (Å²) in [7, 11) is 0. The lowest BCUT2D eigenvalue weighted by Gasteiger charge is -2.10. The average molecular weight is 283 g/mol. The van der Waals surface area contributed by atoms with Crippen LogP contribution in [0.25, 0.3) is 11.0 Å². The van der Waals surface area contributed by atoms with Crippen molar-refractivity contribution < 1.29 is 4.92 Å². The second kappa shape index (κ2) is 5.22. The molecule has 0 fully saturated rings. The van der Waals surface area contributed by atoms with Gasteiger partial charge in [-0.3, -0.25) is 16.0 Å². The standard InChI is InChI=1S/C14H13N5O2/c15-17-12-6-5-11(19(20)21)7-10(12)8-18-9-16-13-3-1-2-4-14(13)18/h1-7,9,17H,8,15H2. The molecule has 21 heavy (non-hydrogen) atoms. The Labute approximate surface area is 120 Å². The number of imidazole rings is 1. The van der Waals surface area contributed by atoms with Crippen LogP contribution in [0.5, 0.6) is 0 Å². The van der Waals surface area contributed by atoms with Crippen molar-refractivity contribution in [3.63, 3.8) is 0 Å². The number of rotatable bonds is 4. The van der Waals surface area contributed by atoms with Crippen molar-refractivity contribution >= 4 is 22.4 Å². The summed E-state index contributed by atoms with van der Waals surface area (Å²) in [5.74, 6) is 5.47. The van der Waals surface area contributed by atoms with Gasteiger partial charge >= 0.3 is 0 Å². The molecule has 1 heterocycles. The zero-order valence-corrected chi connectivity index (χ0v) is 11.1. The molecule has 0 aliphatic rings. The quantitative estimate of drug-likeness (QED) is 0.435. The third-order valence-corrected chi connectivity index (χ3v) is 3.32. The molecule has 7 heteroatoms. The maximum Gasteiger partial charge on any atom is 0.269 e. The molecular weight excluding hydrogens is 270 g/mol. The van der Waals surface area contributed by atoms with E-state index in [-0.39, 0.29) is 5.69 Å².